The molecule has 3 heterocycles. The monoisotopic (exact) mass is 430 g/mol. The number of aryl methyl sites for hydroxylation is 1. The van der Waals surface area contributed by atoms with Gasteiger partial charge < -0.3 is 4.74 Å². The van der Waals surface area contributed by atoms with Crippen LogP contribution < -0.4 is 9.64 Å². The molecule has 1 aromatic heterocycles. The van der Waals surface area contributed by atoms with Crippen LogP contribution in [0.2, 0.25) is 0 Å². The highest BCUT2D eigenvalue weighted by Gasteiger charge is 2.34. The number of sulfonamides is 1. The predicted octanol–water partition coefficient (Wildman–Crippen LogP) is 2.02. The minimum Gasteiger partial charge on any atom is -0.497 e. The summed E-state index contributed by atoms with van der Waals surface area (Å²) >= 11 is 0. The number of methoxy groups -OCH3 is 1. The first-order valence-electron chi connectivity index (χ1n) is 10.0. The molecule has 1 amide bonds. The largest absolute Gasteiger partial charge is 0.497 e. The van der Waals surface area contributed by atoms with Crippen molar-refractivity contribution in [3.8, 4) is 5.75 Å². The maximum Gasteiger partial charge on any atom is 0.233 e. The molecule has 0 bridgehead atoms. The van der Waals surface area contributed by atoms with E-state index in [0.29, 0.717) is 31.3 Å². The van der Waals surface area contributed by atoms with Gasteiger partial charge in [0, 0.05) is 30.3 Å². The molecule has 0 saturated carbocycles. The first-order chi connectivity index (χ1) is 14.3. The van der Waals surface area contributed by atoms with Gasteiger partial charge >= 0.3 is 0 Å². The normalized spacial score (nSPS) is 19.8. The summed E-state index contributed by atoms with van der Waals surface area (Å²) in [5.41, 5.74) is 2.63. The van der Waals surface area contributed by atoms with Crippen LogP contribution in [-0.2, 0) is 27.8 Å². The minimum absolute atomic E-state index is 0.00299. The molecule has 0 aliphatic carbocycles. The quantitative estimate of drug-likeness (QED) is 0.721. The van der Waals surface area contributed by atoms with Gasteiger partial charge in [0.05, 0.1) is 26.3 Å². The predicted molar refractivity (Wildman–Crippen MR) is 113 cm³/mol. The number of anilines is 1. The first kappa shape index (κ1) is 20.7. The van der Waals surface area contributed by atoms with E-state index in [1.165, 1.54) is 10.6 Å². The van der Waals surface area contributed by atoms with Crippen molar-refractivity contribution in [2.24, 2.45) is 0 Å². The zero-order chi connectivity index (χ0) is 21.5. The van der Waals surface area contributed by atoms with Crippen molar-refractivity contribution in [2.75, 3.05) is 31.4 Å². The maximum absolute atomic E-state index is 12.7. The molecule has 0 radical (unpaired) electrons. The number of ether oxygens (including phenoxy) is 1. The summed E-state index contributed by atoms with van der Waals surface area (Å²) in [6.45, 7) is 3.22. The molecule has 4 rings (SSSR count). The molecule has 2 aliphatic rings. The number of piperidine rings is 1. The van der Waals surface area contributed by atoms with E-state index in [-0.39, 0.29) is 18.2 Å². The highest BCUT2D eigenvalue weighted by Crippen LogP contribution is 2.34. The van der Waals surface area contributed by atoms with E-state index in [1.807, 2.05) is 31.2 Å². The molecule has 8 nitrogen and oxygen atoms in total. The summed E-state index contributed by atoms with van der Waals surface area (Å²) in [5.74, 6) is 1.96. The fourth-order valence-corrected chi connectivity index (χ4v) is 5.02. The zero-order valence-corrected chi connectivity index (χ0v) is 18.3. The lowest BCUT2D eigenvalue weighted by Crippen LogP contribution is -2.39. The van der Waals surface area contributed by atoms with Crippen molar-refractivity contribution < 1.29 is 17.9 Å². The van der Waals surface area contributed by atoms with Crippen molar-refractivity contribution in [1.29, 1.82) is 0 Å². The van der Waals surface area contributed by atoms with Gasteiger partial charge in [0.25, 0.3) is 0 Å². The van der Waals surface area contributed by atoms with Gasteiger partial charge in [-0.15, -0.1) is 0 Å². The van der Waals surface area contributed by atoms with Gasteiger partial charge in [-0.2, -0.15) is 0 Å². The number of rotatable bonds is 5. The van der Waals surface area contributed by atoms with Gasteiger partial charge in [-0.05, 0) is 37.5 Å². The molecule has 0 unspecified atom stereocenters. The highest BCUT2D eigenvalue weighted by atomic mass is 32.2. The summed E-state index contributed by atoms with van der Waals surface area (Å²) in [5, 5.41) is 0. The number of fused-ring (bicyclic) bond motifs is 1. The van der Waals surface area contributed by atoms with Crippen LogP contribution in [0.15, 0.2) is 24.3 Å². The molecule has 0 N–H and O–H groups in total. The molecule has 1 fully saturated rings. The van der Waals surface area contributed by atoms with Crippen LogP contribution in [0, 0.1) is 6.92 Å². The van der Waals surface area contributed by atoms with Crippen LogP contribution in [0.5, 0.6) is 5.75 Å². The molecule has 0 spiro atoms. The van der Waals surface area contributed by atoms with Gasteiger partial charge in [0.15, 0.2) is 0 Å². The Kier molecular flexibility index (Phi) is 5.50. The van der Waals surface area contributed by atoms with Crippen molar-refractivity contribution in [3.63, 3.8) is 0 Å². The van der Waals surface area contributed by atoms with E-state index in [2.05, 4.69) is 4.98 Å². The number of carbonyl (C=O) groups excluding carboxylic acids is 1. The van der Waals surface area contributed by atoms with E-state index in [1.54, 1.807) is 12.0 Å². The third-order valence-corrected chi connectivity index (χ3v) is 7.08. The van der Waals surface area contributed by atoms with Crippen LogP contribution >= 0.6 is 0 Å². The van der Waals surface area contributed by atoms with E-state index in [9.17, 15) is 13.2 Å². The van der Waals surface area contributed by atoms with Gasteiger partial charge in [-0.3, -0.25) is 9.69 Å². The Morgan fingerprint density at radius 1 is 1.20 bits per heavy atom. The van der Waals surface area contributed by atoms with Gasteiger partial charge in [0.1, 0.15) is 17.4 Å². The van der Waals surface area contributed by atoms with Crippen molar-refractivity contribution in [3.05, 3.63) is 46.9 Å². The molecule has 30 heavy (non-hydrogen) atoms. The van der Waals surface area contributed by atoms with Crippen molar-refractivity contribution in [2.45, 2.75) is 38.6 Å². The maximum atomic E-state index is 12.7. The van der Waals surface area contributed by atoms with Crippen molar-refractivity contribution in [1.82, 2.24) is 14.3 Å². The Morgan fingerprint density at radius 2 is 1.93 bits per heavy atom. The first-order valence-corrected chi connectivity index (χ1v) is 11.9. The highest BCUT2D eigenvalue weighted by molar-refractivity contribution is 7.88. The number of benzene rings is 1. The van der Waals surface area contributed by atoms with Crippen LogP contribution in [0.25, 0.3) is 0 Å². The van der Waals surface area contributed by atoms with Crippen LogP contribution in [-0.4, -0.2) is 55.1 Å². The standard InChI is InChI=1S/C21H26N4O4S/c1-14-18-11-19(26)25(12-15-6-8-17(29-2)9-7-15)21(18)23-20(22-14)16-5-4-10-24(13-16)30(3,27)28/h6-9,16H,4-5,10-13H2,1-3H3/t16-/m0/s1. The number of nitrogens with zero attached hydrogens (tertiary/aromatic N) is 4. The van der Waals surface area contributed by atoms with Crippen LogP contribution in [0.4, 0.5) is 5.82 Å². The van der Waals surface area contributed by atoms with E-state index >= 15 is 0 Å². The Labute approximate surface area is 176 Å². The fourth-order valence-electron chi connectivity index (χ4n) is 4.11. The third-order valence-electron chi connectivity index (χ3n) is 5.81. The summed E-state index contributed by atoms with van der Waals surface area (Å²) in [7, 11) is -1.63. The van der Waals surface area contributed by atoms with E-state index < -0.39 is 10.0 Å². The summed E-state index contributed by atoms with van der Waals surface area (Å²) in [6.07, 6.45) is 3.12. The lowest BCUT2D eigenvalue weighted by atomic mass is 9.98. The molecular formula is C21H26N4O4S. The lowest BCUT2D eigenvalue weighted by molar-refractivity contribution is -0.117. The third kappa shape index (κ3) is 4.04. The number of aromatic nitrogens is 2. The second kappa shape index (κ2) is 7.96. The van der Waals surface area contributed by atoms with Crippen LogP contribution in [0.1, 0.15) is 41.4 Å². The average molecular weight is 431 g/mol. The Bertz CT molecular complexity index is 1070. The van der Waals surface area contributed by atoms with Crippen molar-refractivity contribution >= 4 is 21.7 Å². The van der Waals surface area contributed by atoms with Gasteiger partial charge in [-0.25, -0.2) is 22.7 Å². The summed E-state index contributed by atoms with van der Waals surface area (Å²) in [6, 6.07) is 7.61. The summed E-state index contributed by atoms with van der Waals surface area (Å²) in [4.78, 5) is 23.8. The molecule has 1 aromatic carbocycles. The Hall–Kier alpha value is -2.52. The second-order valence-corrected chi connectivity index (χ2v) is 9.92. The number of hydrogen-bond acceptors (Lipinski definition) is 6. The molecule has 2 aliphatic heterocycles. The Balaban J connectivity index is 1.63. The molecule has 9 heteroatoms. The van der Waals surface area contributed by atoms with Crippen LogP contribution in [0.3, 0.4) is 0 Å². The number of hydrogen-bond donors (Lipinski definition) is 0. The topological polar surface area (TPSA) is 92.7 Å². The smallest absolute Gasteiger partial charge is 0.233 e. The number of amides is 1. The lowest BCUT2D eigenvalue weighted by Gasteiger charge is -2.30. The summed E-state index contributed by atoms with van der Waals surface area (Å²) < 4.78 is 30.7. The minimum atomic E-state index is -3.25. The molecular weight excluding hydrogens is 404 g/mol. The number of carbonyl (C=O) groups is 1. The SMILES string of the molecule is COc1ccc(CN2C(=O)Cc3c(C)nc([C@H]4CCCN(S(C)(=O)=O)C4)nc32)cc1. The molecule has 1 saturated heterocycles. The molecule has 1 atom stereocenters. The van der Waals surface area contributed by atoms with Gasteiger partial charge in [-0.1, -0.05) is 12.1 Å². The second-order valence-electron chi connectivity index (χ2n) is 7.93. The van der Waals surface area contributed by atoms with Gasteiger partial charge in [0.2, 0.25) is 15.9 Å². The van der Waals surface area contributed by atoms with E-state index in [4.69, 9.17) is 9.72 Å². The average Bonchev–Trinajstić information content (AvgIpc) is 3.04. The molecule has 2 aromatic rings. The Morgan fingerprint density at radius 3 is 2.60 bits per heavy atom. The molecule has 160 valence electrons. The fraction of sp³-hybridized carbons (Fsp3) is 0.476. The van der Waals surface area contributed by atoms with E-state index in [0.717, 1.165) is 35.4 Å². The zero-order valence-electron chi connectivity index (χ0n) is 17.5.